The van der Waals surface area contributed by atoms with Crippen molar-refractivity contribution in [2.24, 2.45) is 5.73 Å². The lowest BCUT2D eigenvalue weighted by atomic mass is 10.1. The van der Waals surface area contributed by atoms with Crippen molar-refractivity contribution in [3.05, 3.63) is 41.3 Å². The van der Waals surface area contributed by atoms with Crippen molar-refractivity contribution in [3.63, 3.8) is 0 Å². The molecule has 1 heterocycles. The fourth-order valence-corrected chi connectivity index (χ4v) is 2.25. The lowest BCUT2D eigenvalue weighted by molar-refractivity contribution is 0.233. The molecule has 2 N–H and O–H groups in total. The Morgan fingerprint density at radius 2 is 2.07 bits per heavy atom. The number of urea groups is 1. The van der Waals surface area contributed by atoms with Crippen LogP contribution in [0.5, 0.6) is 0 Å². The first-order chi connectivity index (χ1) is 6.79. The van der Waals surface area contributed by atoms with E-state index >= 15 is 0 Å². The normalized spacial score (nSPS) is 15.4. The number of hydrogen-bond donors (Lipinski definition) is 1. The van der Waals surface area contributed by atoms with Gasteiger partial charge in [0.05, 0.1) is 11.6 Å². The number of thioether (sulfide) groups is 1. The molecule has 1 aromatic carbocycles. The maximum Gasteiger partial charge on any atom is 0.320 e. The Labute approximate surface area is 86.6 Å². The van der Waals surface area contributed by atoms with Crippen LogP contribution in [0.15, 0.2) is 35.7 Å². The zero-order chi connectivity index (χ0) is 9.97. The van der Waals surface area contributed by atoms with Crippen LogP contribution in [0, 0.1) is 0 Å². The summed E-state index contributed by atoms with van der Waals surface area (Å²) in [7, 11) is 0. The summed E-state index contributed by atoms with van der Waals surface area (Å²) >= 11 is 1.58. The smallest absolute Gasteiger partial charge is 0.320 e. The van der Waals surface area contributed by atoms with Gasteiger partial charge in [-0.05, 0) is 11.0 Å². The SMILES string of the molecule is NC(=O)N1CSC=C1c1ccccc1. The summed E-state index contributed by atoms with van der Waals surface area (Å²) in [6, 6.07) is 9.36. The number of nitrogens with zero attached hydrogens (tertiary/aromatic N) is 1. The topological polar surface area (TPSA) is 46.3 Å². The lowest BCUT2D eigenvalue weighted by Crippen LogP contribution is -2.31. The molecule has 0 fully saturated rings. The maximum atomic E-state index is 11.1. The van der Waals surface area contributed by atoms with Crippen molar-refractivity contribution in [2.75, 3.05) is 5.88 Å². The number of rotatable bonds is 1. The summed E-state index contributed by atoms with van der Waals surface area (Å²) in [5.41, 5.74) is 7.17. The van der Waals surface area contributed by atoms with Crippen molar-refractivity contribution in [2.45, 2.75) is 0 Å². The van der Waals surface area contributed by atoms with Crippen LogP contribution in [0.4, 0.5) is 4.79 Å². The summed E-state index contributed by atoms with van der Waals surface area (Å²) < 4.78 is 0. The van der Waals surface area contributed by atoms with Gasteiger partial charge in [0.25, 0.3) is 0 Å². The Hall–Kier alpha value is -1.42. The van der Waals surface area contributed by atoms with Gasteiger partial charge in [0, 0.05) is 0 Å². The van der Waals surface area contributed by atoms with Gasteiger partial charge in [-0.2, -0.15) is 0 Å². The van der Waals surface area contributed by atoms with Crippen molar-refractivity contribution < 1.29 is 4.79 Å². The van der Waals surface area contributed by atoms with Gasteiger partial charge in [-0.15, -0.1) is 11.8 Å². The van der Waals surface area contributed by atoms with E-state index in [0.29, 0.717) is 5.88 Å². The Morgan fingerprint density at radius 1 is 1.36 bits per heavy atom. The molecule has 0 aromatic heterocycles. The Bertz CT molecular complexity index is 375. The summed E-state index contributed by atoms with van der Waals surface area (Å²) in [6.07, 6.45) is 0. The molecule has 1 aromatic rings. The van der Waals surface area contributed by atoms with Crippen LogP contribution in [-0.4, -0.2) is 16.8 Å². The largest absolute Gasteiger partial charge is 0.351 e. The molecule has 0 atom stereocenters. The van der Waals surface area contributed by atoms with Crippen LogP contribution >= 0.6 is 11.8 Å². The predicted octanol–water partition coefficient (Wildman–Crippen LogP) is 2.07. The molecule has 14 heavy (non-hydrogen) atoms. The maximum absolute atomic E-state index is 11.1. The minimum atomic E-state index is -0.398. The monoisotopic (exact) mass is 206 g/mol. The Morgan fingerprint density at radius 3 is 2.71 bits per heavy atom. The predicted molar refractivity (Wildman–Crippen MR) is 58.3 cm³/mol. The summed E-state index contributed by atoms with van der Waals surface area (Å²) in [4.78, 5) is 12.6. The molecule has 0 saturated carbocycles. The van der Waals surface area contributed by atoms with Crippen molar-refractivity contribution in [1.29, 1.82) is 0 Å². The third-order valence-electron chi connectivity index (χ3n) is 2.02. The summed E-state index contributed by atoms with van der Waals surface area (Å²) in [5.74, 6) is 0.611. The van der Waals surface area contributed by atoms with Gasteiger partial charge in [0.2, 0.25) is 0 Å². The standard InChI is InChI=1S/C10H10N2OS/c11-10(13)12-7-14-6-9(12)8-4-2-1-3-5-8/h1-6H,7H2,(H2,11,13). The number of hydrogen-bond acceptors (Lipinski definition) is 2. The molecule has 1 aliphatic rings. The molecule has 0 spiro atoms. The van der Waals surface area contributed by atoms with Crippen LogP contribution in [0.3, 0.4) is 0 Å². The van der Waals surface area contributed by atoms with Gasteiger partial charge in [-0.1, -0.05) is 30.3 Å². The number of primary amides is 1. The molecule has 1 aliphatic heterocycles. The van der Waals surface area contributed by atoms with E-state index in [2.05, 4.69) is 0 Å². The minimum absolute atomic E-state index is 0.398. The molecular weight excluding hydrogens is 196 g/mol. The van der Waals surface area contributed by atoms with Crippen LogP contribution < -0.4 is 5.73 Å². The molecule has 4 heteroatoms. The first-order valence-electron chi connectivity index (χ1n) is 4.23. The number of carbonyl (C=O) groups is 1. The molecule has 0 bridgehead atoms. The van der Waals surface area contributed by atoms with Crippen LogP contribution in [0.25, 0.3) is 5.70 Å². The van der Waals surface area contributed by atoms with E-state index in [1.54, 1.807) is 16.7 Å². The van der Waals surface area contributed by atoms with Gasteiger partial charge in [-0.25, -0.2) is 4.79 Å². The summed E-state index contributed by atoms with van der Waals surface area (Å²) in [6.45, 7) is 0. The zero-order valence-electron chi connectivity index (χ0n) is 7.51. The quantitative estimate of drug-likeness (QED) is 0.764. The number of amides is 2. The van der Waals surface area contributed by atoms with E-state index in [9.17, 15) is 4.79 Å². The van der Waals surface area contributed by atoms with E-state index in [1.165, 1.54) is 0 Å². The molecule has 0 radical (unpaired) electrons. The second-order valence-electron chi connectivity index (χ2n) is 2.93. The van der Waals surface area contributed by atoms with Gasteiger partial charge in [0.15, 0.2) is 0 Å². The van der Waals surface area contributed by atoms with Gasteiger partial charge in [0.1, 0.15) is 0 Å². The minimum Gasteiger partial charge on any atom is -0.351 e. The average Bonchev–Trinajstić information content (AvgIpc) is 2.67. The first-order valence-corrected chi connectivity index (χ1v) is 5.28. The third-order valence-corrected chi connectivity index (χ3v) is 2.82. The molecule has 0 unspecified atom stereocenters. The second kappa shape index (κ2) is 3.75. The Kier molecular flexibility index (Phi) is 2.45. The fraction of sp³-hybridized carbons (Fsp3) is 0.100. The molecular formula is C10H10N2OS. The van der Waals surface area contributed by atoms with Crippen LogP contribution in [0.1, 0.15) is 5.56 Å². The molecule has 3 nitrogen and oxygen atoms in total. The number of carbonyl (C=O) groups excluding carboxylic acids is 1. The lowest BCUT2D eigenvalue weighted by Gasteiger charge is -2.16. The van der Waals surface area contributed by atoms with E-state index in [-0.39, 0.29) is 0 Å². The second-order valence-corrected chi connectivity index (χ2v) is 3.76. The van der Waals surface area contributed by atoms with Crippen molar-refractivity contribution in [1.82, 2.24) is 4.90 Å². The van der Waals surface area contributed by atoms with E-state index in [4.69, 9.17) is 5.73 Å². The molecule has 0 saturated heterocycles. The highest BCUT2D eigenvalue weighted by atomic mass is 32.2. The summed E-state index contributed by atoms with van der Waals surface area (Å²) in [5, 5.41) is 1.96. The highest BCUT2D eigenvalue weighted by Gasteiger charge is 2.20. The van der Waals surface area contributed by atoms with Crippen molar-refractivity contribution >= 4 is 23.5 Å². The first kappa shape index (κ1) is 9.15. The van der Waals surface area contributed by atoms with E-state index in [0.717, 1.165) is 11.3 Å². The highest BCUT2D eigenvalue weighted by Crippen LogP contribution is 2.30. The zero-order valence-corrected chi connectivity index (χ0v) is 8.33. The van der Waals surface area contributed by atoms with Gasteiger partial charge in [-0.3, -0.25) is 4.90 Å². The molecule has 2 amide bonds. The van der Waals surface area contributed by atoms with E-state index in [1.807, 2.05) is 35.7 Å². The van der Waals surface area contributed by atoms with E-state index < -0.39 is 6.03 Å². The van der Waals surface area contributed by atoms with Gasteiger partial charge >= 0.3 is 6.03 Å². The number of benzene rings is 1. The van der Waals surface area contributed by atoms with Crippen molar-refractivity contribution in [3.8, 4) is 0 Å². The van der Waals surface area contributed by atoms with Crippen LogP contribution in [0.2, 0.25) is 0 Å². The third kappa shape index (κ3) is 1.61. The highest BCUT2D eigenvalue weighted by molar-refractivity contribution is 8.02. The molecule has 72 valence electrons. The van der Waals surface area contributed by atoms with Gasteiger partial charge < -0.3 is 5.73 Å². The fourth-order valence-electron chi connectivity index (χ4n) is 1.34. The molecule has 2 rings (SSSR count). The molecule has 0 aliphatic carbocycles. The number of nitrogens with two attached hydrogens (primary N) is 1. The average molecular weight is 206 g/mol. The van der Waals surface area contributed by atoms with Crippen LogP contribution in [-0.2, 0) is 0 Å². The Balaban J connectivity index is 2.31.